The largest absolute Gasteiger partial charge is 0.324 e. The Morgan fingerprint density at radius 3 is 2.47 bits per heavy atom. The lowest BCUT2D eigenvalue weighted by molar-refractivity contribution is 0.721. The molecule has 2 N–H and O–H groups in total. The van der Waals surface area contributed by atoms with Gasteiger partial charge in [-0.15, -0.1) is 0 Å². The Balaban J connectivity index is 2.17. The second-order valence-electron chi connectivity index (χ2n) is 4.00. The Morgan fingerprint density at radius 1 is 1.12 bits per heavy atom. The topological polar surface area (TPSA) is 26.0 Å². The van der Waals surface area contributed by atoms with E-state index in [0.29, 0.717) is 5.02 Å². The first-order valence-electron chi connectivity index (χ1n) is 5.40. The highest BCUT2D eigenvalue weighted by atomic mass is 79.9. The van der Waals surface area contributed by atoms with E-state index in [1.54, 1.807) is 0 Å². The van der Waals surface area contributed by atoms with E-state index in [2.05, 4.69) is 28.1 Å². The molecule has 3 heteroatoms. The van der Waals surface area contributed by atoms with Crippen LogP contribution < -0.4 is 5.73 Å². The molecule has 0 radical (unpaired) electrons. The van der Waals surface area contributed by atoms with Gasteiger partial charge in [0.1, 0.15) is 0 Å². The highest BCUT2D eigenvalue weighted by molar-refractivity contribution is 9.10. The van der Waals surface area contributed by atoms with Gasteiger partial charge in [-0.1, -0.05) is 57.9 Å². The summed E-state index contributed by atoms with van der Waals surface area (Å²) in [6.45, 7) is 0. The molecule has 2 aromatic carbocycles. The summed E-state index contributed by atoms with van der Waals surface area (Å²) in [6, 6.07) is 16.0. The van der Waals surface area contributed by atoms with Crippen LogP contribution in [0, 0.1) is 0 Å². The van der Waals surface area contributed by atoms with E-state index in [-0.39, 0.29) is 6.04 Å². The molecule has 0 saturated heterocycles. The molecule has 0 aliphatic carbocycles. The molecule has 2 rings (SSSR count). The lowest BCUT2D eigenvalue weighted by Gasteiger charge is -2.13. The van der Waals surface area contributed by atoms with Crippen molar-refractivity contribution in [1.29, 1.82) is 0 Å². The molecule has 0 spiro atoms. The van der Waals surface area contributed by atoms with Gasteiger partial charge < -0.3 is 5.73 Å². The lowest BCUT2D eigenvalue weighted by atomic mass is 10.00. The summed E-state index contributed by atoms with van der Waals surface area (Å²) in [5, 5.41) is 0.706. The van der Waals surface area contributed by atoms with Crippen LogP contribution in [-0.4, -0.2) is 0 Å². The van der Waals surface area contributed by atoms with Crippen molar-refractivity contribution in [2.75, 3.05) is 0 Å². The summed E-state index contributed by atoms with van der Waals surface area (Å²) in [5.41, 5.74) is 8.47. The molecule has 1 unspecified atom stereocenters. The average Bonchev–Trinajstić information content (AvgIpc) is 2.29. The van der Waals surface area contributed by atoms with Gasteiger partial charge in [-0.3, -0.25) is 0 Å². The van der Waals surface area contributed by atoms with Crippen molar-refractivity contribution in [1.82, 2.24) is 0 Å². The van der Waals surface area contributed by atoms with Crippen LogP contribution in [0.1, 0.15) is 17.2 Å². The minimum atomic E-state index is -0.0348. The maximum absolute atomic E-state index is 6.19. The second kappa shape index (κ2) is 5.67. The quantitative estimate of drug-likeness (QED) is 0.896. The molecule has 0 aromatic heterocycles. The molecule has 88 valence electrons. The third kappa shape index (κ3) is 3.56. The van der Waals surface area contributed by atoms with Crippen molar-refractivity contribution in [2.45, 2.75) is 12.5 Å². The summed E-state index contributed by atoms with van der Waals surface area (Å²) in [5.74, 6) is 0. The second-order valence-corrected chi connectivity index (χ2v) is 5.35. The van der Waals surface area contributed by atoms with E-state index in [1.807, 2.05) is 36.4 Å². The number of benzene rings is 2. The van der Waals surface area contributed by atoms with Crippen LogP contribution >= 0.6 is 27.5 Å². The highest BCUT2D eigenvalue weighted by Gasteiger charge is 2.08. The first-order chi connectivity index (χ1) is 8.15. The Kier molecular flexibility index (Phi) is 4.21. The smallest absolute Gasteiger partial charge is 0.0420 e. The van der Waals surface area contributed by atoms with Crippen LogP contribution in [0.15, 0.2) is 53.0 Å². The maximum Gasteiger partial charge on any atom is 0.0420 e. The van der Waals surface area contributed by atoms with Crippen molar-refractivity contribution in [3.05, 3.63) is 69.2 Å². The molecule has 0 aliphatic rings. The van der Waals surface area contributed by atoms with Gasteiger partial charge in [0.2, 0.25) is 0 Å². The first kappa shape index (κ1) is 12.6. The molecule has 2 aromatic rings. The van der Waals surface area contributed by atoms with Gasteiger partial charge in [0.25, 0.3) is 0 Å². The standard InChI is InChI=1S/C14H13BrClN/c15-12-7-11(8-13(16)9-12)14(17)6-10-4-2-1-3-5-10/h1-5,7-9,14H,6,17H2. The van der Waals surface area contributed by atoms with E-state index in [9.17, 15) is 0 Å². The molecule has 0 fully saturated rings. The van der Waals surface area contributed by atoms with Gasteiger partial charge in [0.15, 0.2) is 0 Å². The Morgan fingerprint density at radius 2 is 1.82 bits per heavy atom. The monoisotopic (exact) mass is 309 g/mol. The van der Waals surface area contributed by atoms with Gasteiger partial charge >= 0.3 is 0 Å². The Labute approximate surface area is 115 Å². The van der Waals surface area contributed by atoms with Crippen molar-refractivity contribution >= 4 is 27.5 Å². The SMILES string of the molecule is NC(Cc1ccccc1)c1cc(Cl)cc(Br)c1. The first-order valence-corrected chi connectivity index (χ1v) is 6.58. The Hall–Kier alpha value is -0.830. The van der Waals surface area contributed by atoms with E-state index in [0.717, 1.165) is 16.5 Å². The fourth-order valence-electron chi connectivity index (χ4n) is 1.78. The third-order valence-electron chi connectivity index (χ3n) is 2.61. The van der Waals surface area contributed by atoms with Crippen LogP contribution in [0.3, 0.4) is 0 Å². The number of rotatable bonds is 3. The normalized spacial score (nSPS) is 12.4. The molecule has 17 heavy (non-hydrogen) atoms. The zero-order chi connectivity index (χ0) is 12.3. The third-order valence-corrected chi connectivity index (χ3v) is 3.29. The van der Waals surface area contributed by atoms with Gasteiger partial charge in [-0.05, 0) is 35.7 Å². The molecule has 0 heterocycles. The summed E-state index contributed by atoms with van der Waals surface area (Å²) in [7, 11) is 0. The molecule has 1 atom stereocenters. The minimum absolute atomic E-state index is 0.0348. The summed E-state index contributed by atoms with van der Waals surface area (Å²) >= 11 is 9.44. The minimum Gasteiger partial charge on any atom is -0.324 e. The van der Waals surface area contributed by atoms with E-state index in [1.165, 1.54) is 5.56 Å². The molecule has 0 saturated carbocycles. The van der Waals surface area contributed by atoms with Crippen LogP contribution in [0.4, 0.5) is 0 Å². The number of hydrogen-bond acceptors (Lipinski definition) is 1. The zero-order valence-electron chi connectivity index (χ0n) is 9.24. The molecule has 0 aliphatic heterocycles. The lowest BCUT2D eigenvalue weighted by Crippen LogP contribution is -2.13. The van der Waals surface area contributed by atoms with E-state index in [4.69, 9.17) is 17.3 Å². The van der Waals surface area contributed by atoms with Crippen molar-refractivity contribution in [2.24, 2.45) is 5.73 Å². The summed E-state index contributed by atoms with van der Waals surface area (Å²) < 4.78 is 0.962. The molecular formula is C14H13BrClN. The molecule has 0 amide bonds. The number of halogens is 2. The summed E-state index contributed by atoms with van der Waals surface area (Å²) in [6.07, 6.45) is 0.813. The van der Waals surface area contributed by atoms with Crippen LogP contribution in [0.5, 0.6) is 0 Å². The van der Waals surface area contributed by atoms with Crippen molar-refractivity contribution in [3.8, 4) is 0 Å². The predicted molar refractivity (Wildman–Crippen MR) is 76.2 cm³/mol. The van der Waals surface area contributed by atoms with E-state index >= 15 is 0 Å². The maximum atomic E-state index is 6.19. The number of nitrogens with two attached hydrogens (primary N) is 1. The highest BCUT2D eigenvalue weighted by Crippen LogP contribution is 2.24. The molecule has 0 bridgehead atoms. The molecule has 1 nitrogen and oxygen atoms in total. The van der Waals surface area contributed by atoms with Gasteiger partial charge in [0.05, 0.1) is 0 Å². The van der Waals surface area contributed by atoms with Crippen LogP contribution in [-0.2, 0) is 6.42 Å². The van der Waals surface area contributed by atoms with Crippen molar-refractivity contribution < 1.29 is 0 Å². The molecular weight excluding hydrogens is 298 g/mol. The fraction of sp³-hybridized carbons (Fsp3) is 0.143. The van der Waals surface area contributed by atoms with Crippen LogP contribution in [0.25, 0.3) is 0 Å². The van der Waals surface area contributed by atoms with Gasteiger partial charge in [0, 0.05) is 15.5 Å². The fourth-order valence-corrected chi connectivity index (χ4v) is 2.66. The summed E-state index contributed by atoms with van der Waals surface area (Å²) in [4.78, 5) is 0. The van der Waals surface area contributed by atoms with E-state index < -0.39 is 0 Å². The van der Waals surface area contributed by atoms with Gasteiger partial charge in [-0.25, -0.2) is 0 Å². The zero-order valence-corrected chi connectivity index (χ0v) is 11.6. The number of hydrogen-bond donors (Lipinski definition) is 1. The predicted octanol–water partition coefficient (Wildman–Crippen LogP) is 4.35. The average molecular weight is 311 g/mol. The Bertz CT molecular complexity index is 479. The van der Waals surface area contributed by atoms with Gasteiger partial charge in [-0.2, -0.15) is 0 Å². The van der Waals surface area contributed by atoms with Crippen molar-refractivity contribution in [3.63, 3.8) is 0 Å². The van der Waals surface area contributed by atoms with Crippen LogP contribution in [0.2, 0.25) is 5.02 Å².